The number of rotatable bonds is 2. The highest BCUT2D eigenvalue weighted by molar-refractivity contribution is 6.66. The molecule has 1 aromatic carbocycles. The molecule has 0 radical (unpaired) electrons. The number of benzene rings is 1. The van der Waals surface area contributed by atoms with Crippen LogP contribution in [-0.4, -0.2) is 71.1 Å². The maximum absolute atomic E-state index is 12.4. The molecule has 2 aliphatic heterocycles. The van der Waals surface area contributed by atoms with E-state index < -0.39 is 23.9 Å². The van der Waals surface area contributed by atoms with Gasteiger partial charge in [0.2, 0.25) is 0 Å². The fourth-order valence-corrected chi connectivity index (χ4v) is 4.16. The number of halogens is 1. The van der Waals surface area contributed by atoms with Gasteiger partial charge in [0.05, 0.1) is 16.7 Å². The number of ether oxygens (including phenoxy) is 1. The van der Waals surface area contributed by atoms with Gasteiger partial charge in [0.25, 0.3) is 0 Å². The summed E-state index contributed by atoms with van der Waals surface area (Å²) in [4.78, 5) is 25.3. The van der Waals surface area contributed by atoms with Crippen LogP contribution in [0.2, 0.25) is 5.02 Å². The first-order valence-electron chi connectivity index (χ1n) is 11.3. The van der Waals surface area contributed by atoms with Gasteiger partial charge in [0.15, 0.2) is 0 Å². The van der Waals surface area contributed by atoms with E-state index in [1.165, 1.54) is 0 Å². The van der Waals surface area contributed by atoms with E-state index in [2.05, 4.69) is 14.9 Å². The number of aromatic nitrogens is 2. The number of fused-ring (bicyclic) bond motifs is 1. The van der Waals surface area contributed by atoms with Gasteiger partial charge in [-0.3, -0.25) is 0 Å². The average Bonchev–Trinajstić information content (AvgIpc) is 2.93. The molecule has 1 aromatic heterocycles. The lowest BCUT2D eigenvalue weighted by Crippen LogP contribution is -2.50. The van der Waals surface area contributed by atoms with Gasteiger partial charge in [0, 0.05) is 42.1 Å². The Balaban J connectivity index is 1.55. The van der Waals surface area contributed by atoms with Crippen molar-refractivity contribution in [1.29, 1.82) is 0 Å². The molecule has 3 heterocycles. The number of nitrogens with zero attached hydrogens (tertiary/aromatic N) is 4. The highest BCUT2D eigenvalue weighted by Gasteiger charge is 2.52. The standard InChI is InChI=1S/C23H32BClN4O4/c1-21(2,3)31-20(30)29-10-8-28(9-11-29)19-15-12-17(25)16(13-18(15)26-14-27-19)24-32-22(4,5)23(6,7)33-24/h12-14H,8-11H2,1-7H3. The van der Waals surface area contributed by atoms with Crippen LogP contribution in [0.1, 0.15) is 48.5 Å². The number of amides is 1. The van der Waals surface area contributed by atoms with Crippen molar-refractivity contribution in [3.8, 4) is 0 Å². The predicted octanol–water partition coefficient (Wildman–Crippen LogP) is 3.64. The summed E-state index contributed by atoms with van der Waals surface area (Å²) >= 11 is 6.70. The zero-order valence-electron chi connectivity index (χ0n) is 20.4. The second kappa shape index (κ2) is 8.29. The first-order chi connectivity index (χ1) is 15.3. The molecule has 10 heteroatoms. The van der Waals surface area contributed by atoms with E-state index in [9.17, 15) is 4.79 Å². The van der Waals surface area contributed by atoms with Gasteiger partial charge in [-0.05, 0) is 60.6 Å². The molecule has 2 aliphatic rings. The minimum Gasteiger partial charge on any atom is -0.444 e. The van der Waals surface area contributed by atoms with Crippen LogP contribution in [0.25, 0.3) is 10.9 Å². The minimum atomic E-state index is -0.567. The van der Waals surface area contributed by atoms with Crippen LogP contribution in [0.3, 0.4) is 0 Å². The molecule has 0 saturated carbocycles. The lowest BCUT2D eigenvalue weighted by atomic mass is 9.78. The smallest absolute Gasteiger partial charge is 0.444 e. The lowest BCUT2D eigenvalue weighted by molar-refractivity contribution is 0.00578. The van der Waals surface area contributed by atoms with Crippen LogP contribution in [0.5, 0.6) is 0 Å². The van der Waals surface area contributed by atoms with Crippen LogP contribution in [0, 0.1) is 0 Å². The van der Waals surface area contributed by atoms with Gasteiger partial charge >= 0.3 is 13.2 Å². The number of piperazine rings is 1. The van der Waals surface area contributed by atoms with Gasteiger partial charge in [-0.25, -0.2) is 14.8 Å². The number of hydrogen-bond acceptors (Lipinski definition) is 7. The first-order valence-corrected chi connectivity index (χ1v) is 11.7. The molecule has 4 rings (SSSR count). The van der Waals surface area contributed by atoms with Crippen molar-refractivity contribution in [1.82, 2.24) is 14.9 Å². The third kappa shape index (κ3) is 4.77. The largest absolute Gasteiger partial charge is 0.496 e. The predicted molar refractivity (Wildman–Crippen MR) is 130 cm³/mol. The van der Waals surface area contributed by atoms with Crippen LogP contribution < -0.4 is 10.4 Å². The number of carbonyl (C=O) groups excluding carboxylic acids is 1. The van der Waals surface area contributed by atoms with Crippen molar-refractivity contribution >= 4 is 47.0 Å². The van der Waals surface area contributed by atoms with Crippen molar-refractivity contribution < 1.29 is 18.8 Å². The third-order valence-electron chi connectivity index (χ3n) is 6.47. The molecule has 0 spiro atoms. The topological polar surface area (TPSA) is 77.0 Å². The fourth-order valence-electron chi connectivity index (χ4n) is 3.91. The normalized spacial score (nSPS) is 20.4. The Morgan fingerprint density at radius 2 is 1.67 bits per heavy atom. The molecule has 2 aromatic rings. The number of carbonyl (C=O) groups is 1. The summed E-state index contributed by atoms with van der Waals surface area (Å²) in [6, 6.07) is 3.80. The van der Waals surface area contributed by atoms with Crippen LogP contribution in [0.4, 0.5) is 10.6 Å². The first kappa shape index (κ1) is 24.0. The molecule has 178 valence electrons. The van der Waals surface area contributed by atoms with Crippen LogP contribution in [0.15, 0.2) is 18.5 Å². The lowest BCUT2D eigenvalue weighted by Gasteiger charge is -2.36. The Labute approximate surface area is 200 Å². The van der Waals surface area contributed by atoms with Gasteiger partial charge in [-0.1, -0.05) is 11.6 Å². The number of hydrogen-bond donors (Lipinski definition) is 0. The summed E-state index contributed by atoms with van der Waals surface area (Å²) < 4.78 is 17.9. The van der Waals surface area contributed by atoms with Crippen molar-refractivity contribution in [3.63, 3.8) is 0 Å². The molecule has 33 heavy (non-hydrogen) atoms. The summed E-state index contributed by atoms with van der Waals surface area (Å²) in [7, 11) is -0.567. The fraction of sp³-hybridized carbons (Fsp3) is 0.609. The highest BCUT2D eigenvalue weighted by atomic mass is 35.5. The molecular formula is C23H32BClN4O4. The highest BCUT2D eigenvalue weighted by Crippen LogP contribution is 2.37. The van der Waals surface area contributed by atoms with Gasteiger partial charge in [-0.2, -0.15) is 0 Å². The molecule has 0 N–H and O–H groups in total. The second-order valence-corrected chi connectivity index (χ2v) is 11.0. The molecule has 8 nitrogen and oxygen atoms in total. The summed E-state index contributed by atoms with van der Waals surface area (Å²) in [6.07, 6.45) is 1.27. The van der Waals surface area contributed by atoms with E-state index >= 15 is 0 Å². The zero-order valence-corrected chi connectivity index (χ0v) is 21.2. The van der Waals surface area contributed by atoms with Gasteiger partial charge in [0.1, 0.15) is 17.7 Å². The molecule has 2 fully saturated rings. The summed E-state index contributed by atoms with van der Waals surface area (Å²) in [5, 5.41) is 1.40. The zero-order chi connectivity index (χ0) is 24.2. The molecule has 2 saturated heterocycles. The quantitative estimate of drug-likeness (QED) is 0.615. The van der Waals surface area contributed by atoms with Crippen molar-refractivity contribution in [2.45, 2.75) is 65.3 Å². The van der Waals surface area contributed by atoms with E-state index in [0.717, 1.165) is 22.2 Å². The van der Waals surface area contributed by atoms with Crippen molar-refractivity contribution in [3.05, 3.63) is 23.5 Å². The van der Waals surface area contributed by atoms with E-state index in [1.807, 2.05) is 60.6 Å². The van der Waals surface area contributed by atoms with E-state index in [1.54, 1.807) is 11.2 Å². The second-order valence-electron chi connectivity index (χ2n) is 10.6. The molecule has 0 unspecified atom stereocenters. The van der Waals surface area contributed by atoms with E-state index in [0.29, 0.717) is 31.2 Å². The summed E-state index contributed by atoms with van der Waals surface area (Å²) in [5.41, 5.74) is 0.0927. The Kier molecular flexibility index (Phi) is 6.04. The van der Waals surface area contributed by atoms with Crippen molar-refractivity contribution in [2.75, 3.05) is 31.1 Å². The Hall–Kier alpha value is -2.10. The van der Waals surface area contributed by atoms with Crippen molar-refractivity contribution in [2.24, 2.45) is 0 Å². The Bertz CT molecular complexity index is 1050. The molecule has 1 amide bonds. The number of anilines is 1. The van der Waals surface area contributed by atoms with Crippen LogP contribution >= 0.6 is 11.6 Å². The molecule has 0 aliphatic carbocycles. The molecular weight excluding hydrogens is 443 g/mol. The maximum atomic E-state index is 12.4. The SMILES string of the molecule is CC(C)(C)OC(=O)N1CCN(c2ncnc3cc(B4OC(C)(C)C(C)(C)O4)c(Cl)cc23)CC1. The third-order valence-corrected chi connectivity index (χ3v) is 6.80. The maximum Gasteiger partial charge on any atom is 0.496 e. The van der Waals surface area contributed by atoms with Gasteiger partial charge in [-0.15, -0.1) is 0 Å². The van der Waals surface area contributed by atoms with E-state index in [4.69, 9.17) is 25.6 Å². The molecule has 0 atom stereocenters. The van der Waals surface area contributed by atoms with Crippen LogP contribution in [-0.2, 0) is 14.0 Å². The monoisotopic (exact) mass is 474 g/mol. The summed E-state index contributed by atoms with van der Waals surface area (Å²) in [6.45, 7) is 16.1. The Morgan fingerprint density at radius 3 is 2.24 bits per heavy atom. The Morgan fingerprint density at radius 1 is 1.06 bits per heavy atom. The van der Waals surface area contributed by atoms with E-state index in [-0.39, 0.29) is 6.09 Å². The molecule has 0 bridgehead atoms. The minimum absolute atomic E-state index is 0.287. The summed E-state index contributed by atoms with van der Waals surface area (Å²) in [5.74, 6) is 0.797. The van der Waals surface area contributed by atoms with Gasteiger partial charge < -0.3 is 23.8 Å². The average molecular weight is 475 g/mol.